The molecule has 0 aliphatic carbocycles. The Bertz CT molecular complexity index is 1590. The second-order valence-corrected chi connectivity index (χ2v) is 10.9. The molecule has 0 aliphatic rings. The number of carbonyl (C=O) groups is 1. The average Bonchev–Trinajstić information content (AvgIpc) is 2.72. The Balaban J connectivity index is 0.000000623. The van der Waals surface area contributed by atoms with Gasteiger partial charge in [-0.1, -0.05) is 18.2 Å². The molecule has 4 aromatic rings. The summed E-state index contributed by atoms with van der Waals surface area (Å²) >= 11 is 0. The van der Waals surface area contributed by atoms with Gasteiger partial charge in [-0.15, -0.1) is 0 Å². The highest BCUT2D eigenvalue weighted by Gasteiger charge is 2.11. The lowest BCUT2D eigenvalue weighted by Crippen LogP contribution is -2.09. The van der Waals surface area contributed by atoms with Crippen LogP contribution < -0.4 is 15.4 Å². The van der Waals surface area contributed by atoms with Gasteiger partial charge in [-0.05, 0) is 48.5 Å². The monoisotopic (exact) mass is 516 g/mol. The van der Waals surface area contributed by atoms with E-state index in [9.17, 15) is 21.6 Å². The van der Waals surface area contributed by atoms with Gasteiger partial charge in [0.25, 0.3) is 10.1 Å². The van der Waals surface area contributed by atoms with Crippen molar-refractivity contribution in [2.75, 3.05) is 27.9 Å². The van der Waals surface area contributed by atoms with E-state index in [4.69, 9.17) is 9.54 Å². The number of hydrogen-bond donors (Lipinski definition) is 4. The second kappa shape index (κ2) is 10.3. The van der Waals surface area contributed by atoms with Crippen molar-refractivity contribution in [3.63, 3.8) is 0 Å². The molecule has 1 amide bonds. The Labute approximate surface area is 203 Å². The van der Waals surface area contributed by atoms with Crippen LogP contribution in [0.4, 0.5) is 22.7 Å². The smallest absolute Gasteiger partial charge is 0.261 e. The first-order chi connectivity index (χ1) is 16.3. The minimum Gasteiger partial charge on any atom is -0.354 e. The number of amides is 1. The first kappa shape index (κ1) is 25.9. The molecule has 0 atom stereocenters. The Morgan fingerprint density at radius 1 is 0.800 bits per heavy atom. The number of pyridine rings is 1. The molecule has 0 aliphatic heterocycles. The molecule has 35 heavy (non-hydrogen) atoms. The lowest BCUT2D eigenvalue weighted by Gasteiger charge is -2.15. The molecule has 3 aromatic carbocycles. The number of para-hydroxylation sites is 1. The molecular weight excluding hydrogens is 492 g/mol. The fourth-order valence-electron chi connectivity index (χ4n) is 3.29. The maximum atomic E-state index is 11.4. The number of sulfonamides is 1. The summed E-state index contributed by atoms with van der Waals surface area (Å²) in [5, 5.41) is 8.08. The second-order valence-electron chi connectivity index (χ2n) is 7.73. The molecule has 4 N–H and O–H groups in total. The highest BCUT2D eigenvalue weighted by atomic mass is 32.2. The number of nitrogens with one attached hydrogen (secondary N) is 3. The third kappa shape index (κ3) is 7.91. The highest BCUT2D eigenvalue weighted by Crippen LogP contribution is 2.34. The Kier molecular flexibility index (Phi) is 7.58. The van der Waals surface area contributed by atoms with Gasteiger partial charge >= 0.3 is 0 Å². The number of anilines is 4. The zero-order valence-corrected chi connectivity index (χ0v) is 20.7. The Morgan fingerprint density at radius 3 is 1.94 bits per heavy atom. The summed E-state index contributed by atoms with van der Waals surface area (Å²) in [6, 6.07) is 20.4. The van der Waals surface area contributed by atoms with Gasteiger partial charge in [-0.25, -0.2) is 13.4 Å². The SMILES string of the molecule is CC(=O)Nc1ccc2c(Nc3ccc(NS(C)(=O)=O)cc3)c3ccccc3nc2c1.CS(=O)(=O)O. The first-order valence-corrected chi connectivity index (χ1v) is 13.9. The topological polar surface area (TPSA) is 155 Å². The summed E-state index contributed by atoms with van der Waals surface area (Å²) in [7, 11) is -6.99. The molecular formula is C23H24N4O6S2. The number of nitrogens with zero attached hydrogens (tertiary/aromatic N) is 1. The minimum absolute atomic E-state index is 0.142. The maximum absolute atomic E-state index is 11.4. The molecule has 0 radical (unpaired) electrons. The van der Waals surface area contributed by atoms with E-state index in [0.29, 0.717) is 17.6 Å². The number of carbonyl (C=O) groups excluding carboxylic acids is 1. The number of fused-ring (bicyclic) bond motifs is 2. The van der Waals surface area contributed by atoms with E-state index in [-0.39, 0.29) is 5.91 Å². The van der Waals surface area contributed by atoms with Crippen LogP contribution in [0.3, 0.4) is 0 Å². The van der Waals surface area contributed by atoms with Gasteiger partial charge in [0.05, 0.1) is 29.2 Å². The van der Waals surface area contributed by atoms with Crippen LogP contribution in [0.1, 0.15) is 6.92 Å². The molecule has 0 saturated heterocycles. The summed E-state index contributed by atoms with van der Waals surface area (Å²) in [5.74, 6) is -0.142. The predicted octanol–water partition coefficient (Wildman–Crippen LogP) is 3.97. The normalized spacial score (nSPS) is 11.4. The van der Waals surface area contributed by atoms with E-state index < -0.39 is 20.1 Å². The third-order valence-electron chi connectivity index (χ3n) is 4.46. The summed E-state index contributed by atoms with van der Waals surface area (Å²) < 4.78 is 51.1. The first-order valence-electron chi connectivity index (χ1n) is 10.2. The lowest BCUT2D eigenvalue weighted by molar-refractivity contribution is -0.114. The van der Waals surface area contributed by atoms with Gasteiger partial charge in [0.1, 0.15) is 0 Å². The fourth-order valence-corrected chi connectivity index (χ4v) is 3.85. The predicted molar refractivity (Wildman–Crippen MR) is 139 cm³/mol. The molecule has 1 heterocycles. The molecule has 10 nitrogen and oxygen atoms in total. The summed E-state index contributed by atoms with van der Waals surface area (Å²) in [4.78, 5) is 16.1. The van der Waals surface area contributed by atoms with Crippen LogP contribution >= 0.6 is 0 Å². The van der Waals surface area contributed by atoms with Crippen LogP contribution in [0.25, 0.3) is 21.8 Å². The van der Waals surface area contributed by atoms with E-state index in [1.807, 2.05) is 42.5 Å². The molecule has 12 heteroatoms. The number of rotatable bonds is 5. The van der Waals surface area contributed by atoms with Crippen LogP contribution in [-0.4, -0.2) is 44.8 Å². The van der Waals surface area contributed by atoms with Crippen molar-refractivity contribution in [2.24, 2.45) is 0 Å². The summed E-state index contributed by atoms with van der Waals surface area (Å²) in [5.41, 5.74) is 4.43. The average molecular weight is 517 g/mol. The molecule has 184 valence electrons. The quantitative estimate of drug-likeness (QED) is 0.229. The van der Waals surface area contributed by atoms with Gasteiger partial charge < -0.3 is 10.6 Å². The molecule has 4 rings (SSSR count). The van der Waals surface area contributed by atoms with Crippen LogP contribution in [0, 0.1) is 0 Å². The molecule has 0 saturated carbocycles. The lowest BCUT2D eigenvalue weighted by atomic mass is 10.1. The van der Waals surface area contributed by atoms with Crippen LogP contribution in [-0.2, 0) is 24.9 Å². The van der Waals surface area contributed by atoms with E-state index in [1.165, 1.54) is 6.92 Å². The van der Waals surface area contributed by atoms with Crippen molar-refractivity contribution < 1.29 is 26.2 Å². The number of hydrogen-bond acceptors (Lipinski definition) is 7. The summed E-state index contributed by atoms with van der Waals surface area (Å²) in [6.07, 6.45) is 1.83. The third-order valence-corrected chi connectivity index (χ3v) is 5.07. The Hall–Kier alpha value is -3.74. The molecule has 0 unspecified atom stereocenters. The van der Waals surface area contributed by atoms with Crippen LogP contribution in [0.5, 0.6) is 0 Å². The summed E-state index contributed by atoms with van der Waals surface area (Å²) in [6.45, 7) is 1.47. The molecule has 0 bridgehead atoms. The van der Waals surface area contributed by atoms with Gasteiger partial charge in [-0.2, -0.15) is 8.42 Å². The van der Waals surface area contributed by atoms with Crippen molar-refractivity contribution in [3.8, 4) is 0 Å². The van der Waals surface area contributed by atoms with Crippen molar-refractivity contribution in [2.45, 2.75) is 6.92 Å². The molecule has 1 aromatic heterocycles. The van der Waals surface area contributed by atoms with E-state index in [0.717, 1.165) is 39.4 Å². The van der Waals surface area contributed by atoms with Crippen LogP contribution in [0.2, 0.25) is 0 Å². The van der Waals surface area contributed by atoms with Crippen LogP contribution in [0.15, 0.2) is 66.7 Å². The highest BCUT2D eigenvalue weighted by molar-refractivity contribution is 7.92. The van der Waals surface area contributed by atoms with Gasteiger partial charge in [0.15, 0.2) is 0 Å². The van der Waals surface area contributed by atoms with Crippen molar-refractivity contribution in [3.05, 3.63) is 66.7 Å². The van der Waals surface area contributed by atoms with Gasteiger partial charge in [0.2, 0.25) is 15.9 Å². The minimum atomic E-state index is -3.67. The number of aromatic nitrogens is 1. The van der Waals surface area contributed by atoms with Crippen molar-refractivity contribution in [1.82, 2.24) is 4.98 Å². The fraction of sp³-hybridized carbons (Fsp3) is 0.130. The molecule has 0 fully saturated rings. The Morgan fingerprint density at radius 2 is 1.34 bits per heavy atom. The van der Waals surface area contributed by atoms with E-state index >= 15 is 0 Å². The maximum Gasteiger partial charge on any atom is 0.261 e. The zero-order chi connectivity index (χ0) is 25.8. The van der Waals surface area contributed by atoms with E-state index in [2.05, 4.69) is 15.4 Å². The van der Waals surface area contributed by atoms with Crippen molar-refractivity contribution >= 4 is 70.6 Å². The standard InChI is InChI=1S/C22H20N4O3S.CH4O3S/c1-14(27)23-17-11-12-19-21(13-17)25-20-6-4-3-5-18(20)22(19)24-15-7-9-16(10-8-15)26-30(2,28)29;1-5(2,3)4/h3-13,26H,1-2H3,(H,23,27)(H,24,25);1H3,(H,2,3,4). The van der Waals surface area contributed by atoms with Gasteiger partial charge in [-0.3, -0.25) is 14.1 Å². The molecule has 0 spiro atoms. The van der Waals surface area contributed by atoms with Crippen molar-refractivity contribution in [1.29, 1.82) is 0 Å². The van der Waals surface area contributed by atoms with Gasteiger partial charge in [0, 0.05) is 34.8 Å². The number of benzene rings is 3. The largest absolute Gasteiger partial charge is 0.354 e. The van der Waals surface area contributed by atoms with E-state index in [1.54, 1.807) is 24.3 Å². The zero-order valence-electron chi connectivity index (χ0n) is 19.1.